The van der Waals surface area contributed by atoms with Gasteiger partial charge in [-0.05, 0) is 6.66 Å². The van der Waals surface area contributed by atoms with Crippen LogP contribution in [0.15, 0.2) is 0 Å². The van der Waals surface area contributed by atoms with Crippen molar-refractivity contribution in [3.05, 3.63) is 0 Å². The highest BCUT2D eigenvalue weighted by Crippen LogP contribution is 2.33. The minimum Gasteiger partial charge on any atom is -0.343 e. The Morgan fingerprint density at radius 3 is 1.88 bits per heavy atom. The molecule has 0 aliphatic rings. The SMILES string of the molecule is CP(F)CC(O)(O)O. The molecule has 0 amide bonds. The summed E-state index contributed by atoms with van der Waals surface area (Å²) in [4.78, 5) is 0. The van der Waals surface area contributed by atoms with Gasteiger partial charge in [-0.2, -0.15) is 0 Å². The normalized spacial score (nSPS) is 16.1. The highest BCUT2D eigenvalue weighted by atomic mass is 31.2. The fourth-order valence-electron chi connectivity index (χ4n) is 0.292. The third-order valence-electron chi connectivity index (χ3n) is 0.430. The van der Waals surface area contributed by atoms with Crippen LogP contribution in [0.2, 0.25) is 0 Å². The number of hydrogen-bond acceptors (Lipinski definition) is 3. The summed E-state index contributed by atoms with van der Waals surface area (Å²) in [5.74, 6) is -2.82. The van der Waals surface area contributed by atoms with Gasteiger partial charge in [-0.3, -0.25) is 0 Å². The number of rotatable bonds is 2. The van der Waals surface area contributed by atoms with Crippen molar-refractivity contribution in [2.75, 3.05) is 12.8 Å². The van der Waals surface area contributed by atoms with Crippen molar-refractivity contribution < 1.29 is 19.5 Å². The van der Waals surface area contributed by atoms with Crippen LogP contribution in [0.4, 0.5) is 4.20 Å². The molecule has 5 heteroatoms. The molecule has 0 fully saturated rings. The predicted octanol–water partition coefficient (Wildman–Crippen LogP) is -0.387. The quantitative estimate of drug-likeness (QED) is 0.363. The molecule has 0 aromatic carbocycles. The molecule has 3 nitrogen and oxygen atoms in total. The zero-order chi connectivity index (χ0) is 6.78. The Bertz CT molecular complexity index is 69.4. The Morgan fingerprint density at radius 1 is 1.50 bits per heavy atom. The summed E-state index contributed by atoms with van der Waals surface area (Å²) in [6.45, 7) is 1.19. The van der Waals surface area contributed by atoms with E-state index in [0.29, 0.717) is 0 Å². The summed E-state index contributed by atoms with van der Waals surface area (Å²) in [6.07, 6.45) is -0.609. The number of hydrogen-bond donors (Lipinski definition) is 3. The van der Waals surface area contributed by atoms with E-state index in [1.54, 1.807) is 0 Å². The molecule has 0 radical (unpaired) electrons. The lowest BCUT2D eigenvalue weighted by Gasteiger charge is -2.12. The molecular formula is C3H8FO3P. The maximum Gasteiger partial charge on any atom is 0.281 e. The Hall–Kier alpha value is 0.240. The molecule has 0 heterocycles. The second-order valence-corrected chi connectivity index (χ2v) is 3.06. The molecule has 0 spiro atoms. The number of halogens is 1. The van der Waals surface area contributed by atoms with Crippen LogP contribution in [0.25, 0.3) is 0 Å². The highest BCUT2D eigenvalue weighted by molar-refractivity contribution is 7.51. The van der Waals surface area contributed by atoms with E-state index in [1.165, 1.54) is 6.66 Å². The molecule has 0 aromatic rings. The van der Waals surface area contributed by atoms with Crippen molar-refractivity contribution in [1.29, 1.82) is 0 Å². The van der Waals surface area contributed by atoms with E-state index < -0.39 is 20.4 Å². The maximum absolute atomic E-state index is 11.8. The summed E-state index contributed by atoms with van der Waals surface area (Å²) >= 11 is 0. The van der Waals surface area contributed by atoms with Crippen LogP contribution in [0.5, 0.6) is 0 Å². The third kappa shape index (κ3) is 6.24. The van der Waals surface area contributed by atoms with Gasteiger partial charge in [0.1, 0.15) is 0 Å². The molecule has 0 aromatic heterocycles. The monoisotopic (exact) mass is 142 g/mol. The van der Waals surface area contributed by atoms with Gasteiger partial charge in [0.05, 0.1) is 14.4 Å². The van der Waals surface area contributed by atoms with Gasteiger partial charge >= 0.3 is 0 Å². The van der Waals surface area contributed by atoms with Crippen molar-refractivity contribution in [2.45, 2.75) is 5.97 Å². The number of aliphatic hydroxyl groups is 3. The molecular weight excluding hydrogens is 134 g/mol. The van der Waals surface area contributed by atoms with Gasteiger partial charge in [-0.15, -0.1) is 0 Å². The Morgan fingerprint density at radius 2 is 1.88 bits per heavy atom. The molecule has 8 heavy (non-hydrogen) atoms. The van der Waals surface area contributed by atoms with Crippen molar-refractivity contribution in [1.82, 2.24) is 0 Å². The first-order chi connectivity index (χ1) is 3.42. The topological polar surface area (TPSA) is 60.7 Å². The van der Waals surface area contributed by atoms with Gasteiger partial charge < -0.3 is 15.3 Å². The van der Waals surface area contributed by atoms with Crippen molar-refractivity contribution in [3.8, 4) is 0 Å². The van der Waals surface area contributed by atoms with Crippen LogP contribution in [0, 0.1) is 0 Å². The molecule has 0 rings (SSSR count). The fraction of sp³-hybridized carbons (Fsp3) is 1.00. The smallest absolute Gasteiger partial charge is 0.281 e. The third-order valence-corrected chi connectivity index (χ3v) is 1.29. The first-order valence-corrected chi connectivity index (χ1v) is 3.82. The van der Waals surface area contributed by atoms with E-state index in [0.717, 1.165) is 0 Å². The first kappa shape index (κ1) is 8.24. The van der Waals surface area contributed by atoms with Gasteiger partial charge in [0, 0.05) is 0 Å². The summed E-state index contributed by atoms with van der Waals surface area (Å²) in [5, 5.41) is 24.2. The molecule has 3 N–H and O–H groups in total. The summed E-state index contributed by atoms with van der Waals surface area (Å²) < 4.78 is 11.8. The lowest BCUT2D eigenvalue weighted by Crippen LogP contribution is -2.30. The minimum absolute atomic E-state index is 0.609. The van der Waals surface area contributed by atoms with Gasteiger partial charge in [0.25, 0.3) is 5.97 Å². The molecule has 1 atom stereocenters. The van der Waals surface area contributed by atoms with Crippen LogP contribution in [-0.2, 0) is 0 Å². The van der Waals surface area contributed by atoms with Crippen molar-refractivity contribution in [2.24, 2.45) is 0 Å². The average molecular weight is 142 g/mol. The zero-order valence-electron chi connectivity index (χ0n) is 4.37. The van der Waals surface area contributed by atoms with Crippen molar-refractivity contribution in [3.63, 3.8) is 0 Å². The molecule has 0 aliphatic heterocycles. The van der Waals surface area contributed by atoms with Gasteiger partial charge in [-0.25, -0.2) is 4.20 Å². The molecule has 0 aliphatic carbocycles. The van der Waals surface area contributed by atoms with E-state index in [4.69, 9.17) is 15.3 Å². The summed E-state index contributed by atoms with van der Waals surface area (Å²) in [6, 6.07) is 0. The van der Waals surface area contributed by atoms with E-state index >= 15 is 0 Å². The largest absolute Gasteiger partial charge is 0.343 e. The fourth-order valence-corrected chi connectivity index (χ4v) is 0.877. The Kier molecular flexibility index (Phi) is 2.77. The van der Waals surface area contributed by atoms with Crippen LogP contribution in [-0.4, -0.2) is 34.1 Å². The summed E-state index contributed by atoms with van der Waals surface area (Å²) in [7, 11) is -1.94. The molecule has 50 valence electrons. The van der Waals surface area contributed by atoms with Crippen LogP contribution >= 0.6 is 8.23 Å². The maximum atomic E-state index is 11.8. The molecule has 0 bridgehead atoms. The van der Waals surface area contributed by atoms with Crippen LogP contribution in [0.3, 0.4) is 0 Å². The van der Waals surface area contributed by atoms with Gasteiger partial charge in [0.2, 0.25) is 0 Å². The molecule has 0 saturated carbocycles. The Balaban J connectivity index is 3.39. The lowest BCUT2D eigenvalue weighted by atomic mass is 10.7. The highest BCUT2D eigenvalue weighted by Gasteiger charge is 2.21. The Labute approximate surface area is 47.6 Å². The zero-order valence-corrected chi connectivity index (χ0v) is 5.27. The minimum atomic E-state index is -2.82. The first-order valence-electron chi connectivity index (χ1n) is 1.96. The summed E-state index contributed by atoms with van der Waals surface area (Å²) in [5.41, 5.74) is 0. The molecule has 1 unspecified atom stereocenters. The van der Waals surface area contributed by atoms with Crippen LogP contribution < -0.4 is 0 Å². The second-order valence-electron chi connectivity index (χ2n) is 1.54. The van der Waals surface area contributed by atoms with E-state index in [9.17, 15) is 4.20 Å². The van der Waals surface area contributed by atoms with E-state index in [2.05, 4.69) is 0 Å². The predicted molar refractivity (Wildman–Crippen MR) is 28.2 cm³/mol. The second kappa shape index (κ2) is 2.69. The lowest BCUT2D eigenvalue weighted by molar-refractivity contribution is -0.294. The molecule has 0 saturated heterocycles. The average Bonchev–Trinajstić information content (AvgIpc) is 1.21. The van der Waals surface area contributed by atoms with Crippen LogP contribution in [0.1, 0.15) is 0 Å². The van der Waals surface area contributed by atoms with E-state index in [1.807, 2.05) is 0 Å². The van der Waals surface area contributed by atoms with Gasteiger partial charge in [-0.1, -0.05) is 0 Å². The van der Waals surface area contributed by atoms with Crippen molar-refractivity contribution >= 4 is 8.23 Å². The standard InChI is InChI=1S/C3H8FO3P/c1-8(4)2-3(5,6)7/h5-7H,2H2,1H3. The van der Waals surface area contributed by atoms with Gasteiger partial charge in [0.15, 0.2) is 0 Å². The van der Waals surface area contributed by atoms with E-state index in [-0.39, 0.29) is 0 Å².